The first-order chi connectivity index (χ1) is 19.6. The molecule has 220 valence electrons. The average Bonchev–Trinajstić information content (AvgIpc) is 3.38. The third-order valence-corrected chi connectivity index (χ3v) is 10.6. The molecule has 4 N–H and O–H groups in total. The van der Waals surface area contributed by atoms with Crippen LogP contribution in [0.15, 0.2) is 48.5 Å². The summed E-state index contributed by atoms with van der Waals surface area (Å²) < 4.78 is 11.0. The van der Waals surface area contributed by atoms with Gasteiger partial charge in [-0.25, -0.2) is 4.98 Å². The zero-order valence-electron chi connectivity index (χ0n) is 24.4. The molecule has 2 aliphatic carbocycles. The largest absolute Gasteiger partial charge is 0.497 e. The Kier molecular flexibility index (Phi) is 8.32. The number of hydrogen-bond acceptors (Lipinski definition) is 8. The molecule has 0 saturated heterocycles. The van der Waals surface area contributed by atoms with E-state index in [0.29, 0.717) is 29.5 Å². The highest BCUT2D eigenvalue weighted by Crippen LogP contribution is 2.63. The Morgan fingerprint density at radius 1 is 1.17 bits per heavy atom. The molecule has 1 saturated carbocycles. The van der Waals surface area contributed by atoms with Crippen molar-refractivity contribution in [3.8, 4) is 11.5 Å². The van der Waals surface area contributed by atoms with Gasteiger partial charge in [-0.05, 0) is 55.2 Å². The maximum atomic E-state index is 13.6. The number of aliphatic hydroxyl groups is 2. The van der Waals surface area contributed by atoms with Gasteiger partial charge in [-0.3, -0.25) is 4.79 Å². The van der Waals surface area contributed by atoms with Crippen molar-refractivity contribution >= 4 is 28.1 Å². The highest BCUT2D eigenvalue weighted by atomic mass is 32.1. The first kappa shape index (κ1) is 29.4. The van der Waals surface area contributed by atoms with Crippen molar-refractivity contribution in [2.24, 2.45) is 16.7 Å². The molecule has 0 aliphatic heterocycles. The van der Waals surface area contributed by atoms with Crippen LogP contribution in [0.5, 0.6) is 11.5 Å². The number of methoxy groups -OCH3 is 2. The predicted octanol–water partition coefficient (Wildman–Crippen LogP) is 5.59. The second kappa shape index (κ2) is 11.6. The Labute approximate surface area is 246 Å². The molecule has 1 fully saturated rings. The summed E-state index contributed by atoms with van der Waals surface area (Å²) in [4.78, 5) is 19.8. The number of nitrogens with zero attached hydrogens (tertiary/aromatic N) is 1. The highest BCUT2D eigenvalue weighted by molar-refractivity contribution is 7.15. The van der Waals surface area contributed by atoms with Crippen LogP contribution >= 0.6 is 11.3 Å². The lowest BCUT2D eigenvalue weighted by Crippen LogP contribution is -2.57. The molecule has 1 heterocycles. The van der Waals surface area contributed by atoms with Crippen molar-refractivity contribution < 1.29 is 24.5 Å². The van der Waals surface area contributed by atoms with Gasteiger partial charge in [0.05, 0.1) is 44.4 Å². The quantitative estimate of drug-likeness (QED) is 0.262. The molecule has 2 aliphatic rings. The van der Waals surface area contributed by atoms with Gasteiger partial charge in [0.25, 0.3) is 0 Å². The Hall–Kier alpha value is -3.14. The fourth-order valence-electron chi connectivity index (χ4n) is 7.04. The lowest BCUT2D eigenvalue weighted by atomic mass is 9.47. The minimum absolute atomic E-state index is 0.0137. The van der Waals surface area contributed by atoms with E-state index >= 15 is 0 Å². The van der Waals surface area contributed by atoms with E-state index in [0.717, 1.165) is 28.2 Å². The van der Waals surface area contributed by atoms with Crippen LogP contribution in [0.3, 0.4) is 0 Å². The lowest BCUT2D eigenvalue weighted by Gasteiger charge is -2.58. The smallest absolute Gasteiger partial charge is 0.221 e. The molecule has 41 heavy (non-hydrogen) atoms. The van der Waals surface area contributed by atoms with Crippen molar-refractivity contribution in [3.63, 3.8) is 0 Å². The summed E-state index contributed by atoms with van der Waals surface area (Å²) in [6, 6.07) is 15.4. The number of thiazole rings is 1. The number of carbonyl (C=O) groups is 1. The van der Waals surface area contributed by atoms with Gasteiger partial charge in [-0.2, -0.15) is 0 Å². The topological polar surface area (TPSA) is 113 Å². The van der Waals surface area contributed by atoms with Crippen LogP contribution in [-0.4, -0.2) is 48.0 Å². The second-order valence-corrected chi connectivity index (χ2v) is 13.0. The minimum Gasteiger partial charge on any atom is -0.497 e. The summed E-state index contributed by atoms with van der Waals surface area (Å²) in [5, 5.41) is 28.9. The van der Waals surface area contributed by atoms with Gasteiger partial charge in [0.1, 0.15) is 11.5 Å². The third kappa shape index (κ3) is 5.43. The first-order valence-corrected chi connectivity index (χ1v) is 15.1. The monoisotopic (exact) mass is 579 g/mol. The Balaban J connectivity index is 1.50. The average molecular weight is 580 g/mol. The summed E-state index contributed by atoms with van der Waals surface area (Å²) >= 11 is 1.56. The summed E-state index contributed by atoms with van der Waals surface area (Å²) in [7, 11) is 3.24. The first-order valence-electron chi connectivity index (χ1n) is 14.2. The Morgan fingerprint density at radius 2 is 1.93 bits per heavy atom. The van der Waals surface area contributed by atoms with Crippen LogP contribution in [0.4, 0.5) is 10.8 Å². The normalized spacial score (nSPS) is 27.7. The van der Waals surface area contributed by atoms with Crippen molar-refractivity contribution in [2.45, 2.75) is 64.5 Å². The molecular formula is C32H41N3O5S. The lowest BCUT2D eigenvalue weighted by molar-refractivity contribution is -0.144. The number of aromatic nitrogens is 1. The zero-order valence-corrected chi connectivity index (χ0v) is 25.3. The molecule has 1 amide bonds. The van der Waals surface area contributed by atoms with Gasteiger partial charge in [0.2, 0.25) is 5.91 Å². The number of anilines is 2. The van der Waals surface area contributed by atoms with E-state index in [2.05, 4.69) is 17.6 Å². The Bertz CT molecular complexity index is 1380. The van der Waals surface area contributed by atoms with Crippen molar-refractivity contribution in [2.75, 3.05) is 26.1 Å². The van der Waals surface area contributed by atoms with Crippen LogP contribution in [0.25, 0.3) is 0 Å². The minimum atomic E-state index is -0.676. The number of ether oxygens (including phenoxy) is 2. The van der Waals surface area contributed by atoms with Crippen LogP contribution in [0.2, 0.25) is 0 Å². The van der Waals surface area contributed by atoms with E-state index in [4.69, 9.17) is 14.5 Å². The molecule has 5 rings (SSSR count). The van der Waals surface area contributed by atoms with Crippen molar-refractivity contribution in [1.29, 1.82) is 0 Å². The number of carbonyl (C=O) groups excluding carboxylic acids is 1. The van der Waals surface area contributed by atoms with E-state index in [1.165, 1.54) is 0 Å². The predicted molar refractivity (Wildman–Crippen MR) is 161 cm³/mol. The summed E-state index contributed by atoms with van der Waals surface area (Å²) in [6.45, 7) is 6.09. The fourth-order valence-corrected chi connectivity index (χ4v) is 8.12. The van der Waals surface area contributed by atoms with Crippen LogP contribution < -0.4 is 20.1 Å². The molecule has 6 unspecified atom stereocenters. The van der Waals surface area contributed by atoms with E-state index in [9.17, 15) is 15.0 Å². The van der Waals surface area contributed by atoms with Gasteiger partial charge in [0.15, 0.2) is 5.13 Å². The number of fused-ring (bicyclic) bond motifs is 2. The number of amides is 1. The molecule has 3 aromatic rings. The van der Waals surface area contributed by atoms with Crippen LogP contribution in [0.1, 0.15) is 68.1 Å². The molecule has 0 radical (unpaired) electrons. The molecule has 0 spiro atoms. The molecule has 9 heteroatoms. The van der Waals surface area contributed by atoms with Gasteiger partial charge in [0, 0.05) is 28.7 Å². The van der Waals surface area contributed by atoms with Gasteiger partial charge < -0.3 is 30.3 Å². The van der Waals surface area contributed by atoms with E-state index in [1.807, 2.05) is 62.4 Å². The maximum Gasteiger partial charge on any atom is 0.221 e. The number of aliphatic hydroxyl groups excluding tert-OH is 2. The standard InChI is InChI=1S/C32H41N3O5S/c1-19(20-9-7-6-8-10-20)33-28(38)16-22-29-25(17-26-31(22,2)14-13-27(37)32(26,3)18-36)41-30(35-29)34-23-15-21(39-4)11-12-24(23)40-5/h6-12,15,19,22,26-27,36-37H,13-14,16-18H2,1-5H3,(H,33,38)(H,34,35). The van der Waals surface area contributed by atoms with Gasteiger partial charge in [-0.15, -0.1) is 11.3 Å². The third-order valence-electron chi connectivity index (χ3n) is 9.61. The zero-order chi connectivity index (χ0) is 29.4. The molecule has 8 nitrogen and oxygen atoms in total. The van der Waals surface area contributed by atoms with Crippen molar-refractivity contribution in [3.05, 3.63) is 64.7 Å². The second-order valence-electron chi connectivity index (χ2n) is 12.0. The fraction of sp³-hybridized carbons (Fsp3) is 0.500. The summed E-state index contributed by atoms with van der Waals surface area (Å²) in [5.74, 6) is 1.15. The van der Waals surface area contributed by atoms with Gasteiger partial charge in [-0.1, -0.05) is 44.2 Å². The van der Waals surface area contributed by atoms with Crippen LogP contribution in [-0.2, 0) is 11.2 Å². The number of rotatable bonds is 9. The van der Waals surface area contributed by atoms with Crippen molar-refractivity contribution in [1.82, 2.24) is 10.3 Å². The number of hydrogen-bond donors (Lipinski definition) is 4. The summed E-state index contributed by atoms with van der Waals surface area (Å²) in [5.41, 5.74) is 1.72. The van der Waals surface area contributed by atoms with Crippen LogP contribution in [0, 0.1) is 16.7 Å². The molecule has 1 aromatic heterocycles. The maximum absolute atomic E-state index is 13.6. The molecule has 6 atom stereocenters. The van der Waals surface area contributed by atoms with E-state index in [-0.39, 0.29) is 42.2 Å². The summed E-state index contributed by atoms with van der Waals surface area (Å²) in [6.07, 6.45) is 1.69. The molecule has 0 bridgehead atoms. The SMILES string of the molecule is COc1ccc(OC)c(Nc2nc3c(s2)CC2C(C)(CO)C(O)CCC2(C)C3CC(=O)NC(C)c2ccccc2)c1. The Morgan fingerprint density at radius 3 is 2.61 bits per heavy atom. The van der Waals surface area contributed by atoms with E-state index in [1.54, 1.807) is 25.6 Å². The molecular weight excluding hydrogens is 538 g/mol. The van der Waals surface area contributed by atoms with Gasteiger partial charge >= 0.3 is 0 Å². The number of nitrogens with one attached hydrogen (secondary N) is 2. The highest BCUT2D eigenvalue weighted by Gasteiger charge is 2.59. The van der Waals surface area contributed by atoms with E-state index < -0.39 is 11.5 Å². The number of benzene rings is 2. The molecule has 2 aromatic carbocycles.